The Labute approximate surface area is 475 Å². The molecule has 0 radical (unpaired) electrons. The summed E-state index contributed by atoms with van der Waals surface area (Å²) in [6.07, 6.45) is 0. The molecule has 7 aliphatic heterocycles. The summed E-state index contributed by atoms with van der Waals surface area (Å²) in [5.41, 5.74) is 34.8. The van der Waals surface area contributed by atoms with Crippen molar-refractivity contribution in [2.75, 3.05) is 43.5 Å². The van der Waals surface area contributed by atoms with Gasteiger partial charge in [0, 0.05) is 42.4 Å². The van der Waals surface area contributed by atoms with Crippen LogP contribution in [-0.2, 0) is 0 Å². The number of para-hydroxylation sites is 4. The molecule has 0 saturated heterocycles. The Hall–Kier alpha value is -9.95. The molecule has 0 bridgehead atoms. The van der Waals surface area contributed by atoms with Gasteiger partial charge < -0.3 is 29.4 Å². The Morgan fingerprint density at radius 2 is 0.654 bits per heavy atom. The quantitative estimate of drug-likeness (QED) is 0.162. The Morgan fingerprint density at radius 1 is 0.259 bits per heavy atom. The van der Waals surface area contributed by atoms with Gasteiger partial charge in [0.25, 0.3) is 13.4 Å². The van der Waals surface area contributed by atoms with Crippen molar-refractivity contribution in [3.8, 4) is 43.1 Å². The fraction of sp³-hybridized carbons (Fsp3) is 0.0278. The number of anilines is 16. The summed E-state index contributed by atoms with van der Waals surface area (Å²) in [7, 11) is 4.52. The second kappa shape index (κ2) is 15.9. The number of hydrogen-bond acceptors (Lipinski definition) is 7. The first-order valence-electron chi connectivity index (χ1n) is 28.1. The van der Waals surface area contributed by atoms with Crippen LogP contribution in [0.2, 0.25) is 0 Å². The van der Waals surface area contributed by atoms with Crippen LogP contribution in [0.4, 0.5) is 91.0 Å². The largest absolute Gasteiger partial charge is 0.341 e. The van der Waals surface area contributed by atoms with Gasteiger partial charge in [0.05, 0.1) is 78.0 Å². The summed E-state index contributed by atoms with van der Waals surface area (Å²) in [5, 5.41) is 0. The highest BCUT2D eigenvalue weighted by atomic mass is 32.1. The summed E-state index contributed by atoms with van der Waals surface area (Å²) in [6, 6.07) is 91.4. The third-order valence-corrected chi connectivity index (χ3v) is 19.8. The van der Waals surface area contributed by atoms with Crippen molar-refractivity contribution in [2.24, 2.45) is 0 Å². The van der Waals surface area contributed by atoms with E-state index >= 15 is 0 Å². The number of nitrogens with zero attached hydrogens (tertiary/aromatic N) is 6. The lowest BCUT2D eigenvalue weighted by Gasteiger charge is -2.53. The maximum absolute atomic E-state index is 2.73. The molecule has 19 rings (SSSR count). The van der Waals surface area contributed by atoms with E-state index in [1.165, 1.54) is 167 Å². The van der Waals surface area contributed by atoms with Crippen LogP contribution >= 0.6 is 11.3 Å². The maximum Gasteiger partial charge on any atom is 0.252 e. The molecule has 0 amide bonds. The Balaban J connectivity index is 0.964. The average molecular weight is 1050 g/mol. The van der Waals surface area contributed by atoms with E-state index in [9.17, 15) is 0 Å². The lowest BCUT2D eigenvalue weighted by atomic mass is 9.30. The third kappa shape index (κ3) is 5.54. The molecule has 0 fully saturated rings. The van der Waals surface area contributed by atoms with Gasteiger partial charge in [0.2, 0.25) is 0 Å². The highest BCUT2D eigenvalue weighted by Crippen LogP contribution is 2.66. The van der Waals surface area contributed by atoms with Gasteiger partial charge in [-0.1, -0.05) is 188 Å². The van der Waals surface area contributed by atoms with Gasteiger partial charge in [0.1, 0.15) is 0 Å². The van der Waals surface area contributed by atoms with E-state index in [0.717, 1.165) is 0 Å². The second-order valence-corrected chi connectivity index (χ2v) is 23.4. The van der Waals surface area contributed by atoms with Crippen LogP contribution in [-0.4, -0.2) is 27.5 Å². The van der Waals surface area contributed by atoms with E-state index in [0.29, 0.717) is 0 Å². The van der Waals surface area contributed by atoms with Crippen LogP contribution < -0.4 is 62.2 Å². The maximum atomic E-state index is 2.73. The minimum Gasteiger partial charge on any atom is -0.341 e. The molecule has 0 saturated carbocycles. The summed E-state index contributed by atoms with van der Waals surface area (Å²) in [4.78, 5) is 18.0. The molecule has 0 aliphatic carbocycles. The number of benzene rings is 11. The van der Waals surface area contributed by atoms with Crippen LogP contribution in [0.15, 0.2) is 243 Å². The fourth-order valence-corrected chi connectivity index (χ4v) is 16.6. The van der Waals surface area contributed by atoms with Crippen molar-refractivity contribution in [3.05, 3.63) is 243 Å². The van der Waals surface area contributed by atoms with Crippen molar-refractivity contribution in [2.45, 2.75) is 0 Å². The summed E-state index contributed by atoms with van der Waals surface area (Å²) >= 11 is 1.92. The Kier molecular flexibility index (Phi) is 8.62. The van der Waals surface area contributed by atoms with Gasteiger partial charge in [-0.3, -0.25) is 0 Å². The molecule has 81 heavy (non-hydrogen) atoms. The van der Waals surface area contributed by atoms with E-state index < -0.39 is 0 Å². The number of rotatable bonds is 4. The molecule has 1 aromatic heterocycles. The van der Waals surface area contributed by atoms with Crippen LogP contribution in [0.3, 0.4) is 0 Å². The van der Waals surface area contributed by atoms with Crippen molar-refractivity contribution in [1.82, 2.24) is 0 Å². The zero-order valence-electron chi connectivity index (χ0n) is 44.3. The smallest absolute Gasteiger partial charge is 0.252 e. The van der Waals surface area contributed by atoms with E-state index in [1.54, 1.807) is 0 Å². The zero-order chi connectivity index (χ0) is 52.9. The van der Waals surface area contributed by atoms with E-state index in [1.807, 2.05) is 11.3 Å². The predicted octanol–water partition coefficient (Wildman–Crippen LogP) is 15.1. The first-order valence-corrected chi connectivity index (χ1v) is 28.9. The van der Waals surface area contributed by atoms with Crippen LogP contribution in [0.25, 0.3) is 43.1 Å². The lowest BCUT2D eigenvalue weighted by Crippen LogP contribution is -2.65. The predicted molar refractivity (Wildman–Crippen MR) is 344 cm³/mol. The minimum atomic E-state index is -0.0893. The Morgan fingerprint density at radius 3 is 1.19 bits per heavy atom. The van der Waals surface area contributed by atoms with Gasteiger partial charge in [0.15, 0.2) is 0 Å². The number of hydrogen-bond donors (Lipinski definition) is 0. The van der Waals surface area contributed by atoms with E-state index in [-0.39, 0.29) is 13.4 Å². The molecular weight excluding hydrogens is 1000 g/mol. The first kappa shape index (κ1) is 44.0. The van der Waals surface area contributed by atoms with Gasteiger partial charge in [-0.2, -0.15) is 0 Å². The molecule has 12 aromatic rings. The van der Waals surface area contributed by atoms with Crippen LogP contribution in [0, 0.1) is 0 Å². The molecule has 8 heterocycles. The molecule has 376 valence electrons. The summed E-state index contributed by atoms with van der Waals surface area (Å²) < 4.78 is 0. The molecule has 0 atom stereocenters. The normalized spacial score (nSPS) is 14.3. The van der Waals surface area contributed by atoms with Crippen molar-refractivity contribution >= 4 is 149 Å². The van der Waals surface area contributed by atoms with E-state index in [4.69, 9.17) is 0 Å². The molecule has 6 nitrogen and oxygen atoms in total. The highest BCUT2D eigenvalue weighted by Gasteiger charge is 2.55. The Bertz CT molecular complexity index is 4740. The van der Waals surface area contributed by atoms with Crippen molar-refractivity contribution in [1.29, 1.82) is 0 Å². The molecule has 0 spiro atoms. The van der Waals surface area contributed by atoms with Gasteiger partial charge in [-0.05, 0) is 115 Å². The number of thiophene rings is 1. The summed E-state index contributed by atoms with van der Waals surface area (Å²) in [5.74, 6) is 0. The minimum absolute atomic E-state index is 0.0778. The van der Waals surface area contributed by atoms with Gasteiger partial charge >= 0.3 is 0 Å². The van der Waals surface area contributed by atoms with E-state index in [2.05, 4.69) is 286 Å². The molecule has 0 unspecified atom stereocenters. The van der Waals surface area contributed by atoms with Crippen molar-refractivity contribution in [3.63, 3.8) is 0 Å². The molecule has 7 aliphatic rings. The standard InChI is InChI=1S/C72H46B2N6S/c1-75-53-29-15-17-31-55(53)77-57-33-19-36-60-63(57)74(52-41-47(42-61(75)65(52)77)43-21-7-3-8-22-43)51-40-39-50-67-68(51)80(60)70-69(71(45-25-11-5-12-26-45)81-72(70)46-27-13-6-14-28-46)79(67)59-35-20-34-58-62(59)73(50)49-38-37-48(44-23-9-4-10-24-44)64-66(49)78(58)56-32-18-16-30-54(56)76(64)2/h3-42H,1-2H3. The number of fused-ring (bicyclic) bond motifs is 15. The van der Waals surface area contributed by atoms with Crippen LogP contribution in [0.1, 0.15) is 0 Å². The SMILES string of the molecule is CN1c2ccccc2N2c3cccc4c3B(c3cc(-c5ccccc5)cc1c32)c1ccc2c3c1N4c1c(-c4ccccc4)sc(-c4ccccc4)c1N3c1cccc3c1B2c1ccc(-c2ccccc2)c2c1N3c1ccccc1N2C. The van der Waals surface area contributed by atoms with Gasteiger partial charge in [-0.15, -0.1) is 11.3 Å². The van der Waals surface area contributed by atoms with Crippen LogP contribution in [0.5, 0.6) is 0 Å². The molecule has 9 heteroatoms. The fourth-order valence-electron chi connectivity index (χ4n) is 15.3. The first-order chi connectivity index (χ1) is 40.1. The zero-order valence-corrected chi connectivity index (χ0v) is 45.2. The topological polar surface area (TPSA) is 19.4 Å². The van der Waals surface area contributed by atoms with Crippen molar-refractivity contribution < 1.29 is 0 Å². The second-order valence-electron chi connectivity index (χ2n) is 22.4. The third-order valence-electron chi connectivity index (χ3n) is 18.5. The molecule has 11 aromatic carbocycles. The van der Waals surface area contributed by atoms with Gasteiger partial charge in [-0.25, -0.2) is 0 Å². The monoisotopic (exact) mass is 1050 g/mol. The highest BCUT2D eigenvalue weighted by molar-refractivity contribution is 7.20. The summed E-state index contributed by atoms with van der Waals surface area (Å²) in [6.45, 7) is -0.167. The lowest BCUT2D eigenvalue weighted by molar-refractivity contribution is 1.13. The molecular formula is C72H46B2N6S. The average Bonchev–Trinajstić information content (AvgIpc) is 2.47. The molecule has 0 N–H and O–H groups in total.